The van der Waals surface area contributed by atoms with Gasteiger partial charge in [-0.2, -0.15) is 5.10 Å². The first kappa shape index (κ1) is 18.6. The zero-order valence-electron chi connectivity index (χ0n) is 15.8. The number of hydrogen-bond donors (Lipinski definition) is 1. The largest absolute Gasteiger partial charge is 0.491 e. The number of fused-ring (bicyclic) bond motifs is 1. The Bertz CT molecular complexity index is 848. The van der Waals surface area contributed by atoms with E-state index in [4.69, 9.17) is 4.74 Å². The highest BCUT2D eigenvalue weighted by Gasteiger charge is 2.31. The van der Waals surface area contributed by atoms with Gasteiger partial charge in [-0.05, 0) is 58.9 Å². The van der Waals surface area contributed by atoms with E-state index < -0.39 is 10.8 Å². The van der Waals surface area contributed by atoms with Crippen LogP contribution in [0.25, 0.3) is 0 Å². The predicted octanol–water partition coefficient (Wildman–Crippen LogP) is 3.44. The number of nitrogens with zero attached hydrogens (tertiary/aromatic N) is 2. The van der Waals surface area contributed by atoms with Gasteiger partial charge in [0.1, 0.15) is 11.6 Å². The van der Waals surface area contributed by atoms with Gasteiger partial charge in [0.15, 0.2) is 0 Å². The Morgan fingerprint density at radius 1 is 1.23 bits per heavy atom. The average Bonchev–Trinajstić information content (AvgIpc) is 3.04. The molecule has 1 atom stereocenters. The molecule has 0 saturated carbocycles. The third-order valence-corrected chi connectivity index (χ3v) is 5.23. The molecule has 26 heavy (non-hydrogen) atoms. The minimum atomic E-state index is -0.945. The summed E-state index contributed by atoms with van der Waals surface area (Å²) in [4.78, 5) is 12.7. The Morgan fingerprint density at radius 2 is 1.88 bits per heavy atom. The molecule has 0 bridgehead atoms. The zero-order valence-corrected chi connectivity index (χ0v) is 16.6. The Labute approximate surface area is 156 Å². The van der Waals surface area contributed by atoms with Crippen molar-refractivity contribution in [1.82, 2.24) is 9.78 Å². The van der Waals surface area contributed by atoms with E-state index in [0.717, 1.165) is 17.0 Å². The van der Waals surface area contributed by atoms with Crippen molar-refractivity contribution in [3.05, 3.63) is 41.1 Å². The Balaban J connectivity index is 1.86. The van der Waals surface area contributed by atoms with E-state index >= 15 is 0 Å². The summed E-state index contributed by atoms with van der Waals surface area (Å²) >= 11 is 0. The SMILES string of the molecule is CC(C)Oc1ccc(C(=O)Nc2c3c(nn2C(C)(C)C)C[S@](=O)C3)cc1. The topological polar surface area (TPSA) is 73.2 Å². The smallest absolute Gasteiger partial charge is 0.256 e. The first-order chi connectivity index (χ1) is 12.1. The first-order valence-corrected chi connectivity index (χ1v) is 10.2. The molecular formula is C19H25N3O3S. The van der Waals surface area contributed by atoms with E-state index in [2.05, 4.69) is 10.4 Å². The van der Waals surface area contributed by atoms with Crippen molar-refractivity contribution >= 4 is 22.5 Å². The van der Waals surface area contributed by atoms with Gasteiger partial charge in [0.2, 0.25) is 0 Å². The Morgan fingerprint density at radius 3 is 2.46 bits per heavy atom. The molecule has 7 heteroatoms. The summed E-state index contributed by atoms with van der Waals surface area (Å²) in [6, 6.07) is 7.05. The van der Waals surface area contributed by atoms with E-state index in [1.54, 1.807) is 24.3 Å². The van der Waals surface area contributed by atoms with E-state index in [1.165, 1.54) is 0 Å². The Hall–Kier alpha value is -2.15. The lowest BCUT2D eigenvalue weighted by atomic mass is 10.1. The van der Waals surface area contributed by atoms with Crippen LogP contribution in [0, 0.1) is 0 Å². The maximum Gasteiger partial charge on any atom is 0.256 e. The quantitative estimate of drug-likeness (QED) is 0.888. The van der Waals surface area contributed by atoms with Gasteiger partial charge in [-0.3, -0.25) is 9.00 Å². The molecule has 0 unspecified atom stereocenters. The number of carbonyl (C=O) groups is 1. The molecular weight excluding hydrogens is 350 g/mol. The molecule has 0 saturated heterocycles. The van der Waals surface area contributed by atoms with Crippen molar-refractivity contribution in [2.24, 2.45) is 0 Å². The van der Waals surface area contributed by atoms with Gasteiger partial charge in [-0.15, -0.1) is 0 Å². The number of carbonyl (C=O) groups excluding carboxylic acids is 1. The van der Waals surface area contributed by atoms with Crippen molar-refractivity contribution in [2.45, 2.75) is 57.8 Å². The number of amides is 1. The van der Waals surface area contributed by atoms with Crippen molar-refractivity contribution in [3.8, 4) is 5.75 Å². The third-order valence-electron chi connectivity index (χ3n) is 4.03. The molecule has 2 aromatic rings. The van der Waals surface area contributed by atoms with Crippen molar-refractivity contribution < 1.29 is 13.7 Å². The maximum absolute atomic E-state index is 12.7. The maximum atomic E-state index is 12.7. The molecule has 6 nitrogen and oxygen atoms in total. The van der Waals surface area contributed by atoms with Crippen molar-refractivity contribution in [1.29, 1.82) is 0 Å². The minimum absolute atomic E-state index is 0.0827. The van der Waals surface area contributed by atoms with Gasteiger partial charge in [0.05, 0.1) is 28.8 Å². The molecule has 3 rings (SSSR count). The molecule has 1 aliphatic rings. The lowest BCUT2D eigenvalue weighted by Gasteiger charge is -2.23. The van der Waals surface area contributed by atoms with E-state index in [1.807, 2.05) is 39.3 Å². The van der Waals surface area contributed by atoms with Gasteiger partial charge in [0, 0.05) is 21.9 Å². The Kier molecular flexibility index (Phi) is 4.92. The number of anilines is 1. The van der Waals surface area contributed by atoms with Crippen LogP contribution in [0.3, 0.4) is 0 Å². The molecule has 1 amide bonds. The number of benzene rings is 1. The normalized spacial score (nSPS) is 16.6. The second-order valence-electron chi connectivity index (χ2n) is 7.73. The van der Waals surface area contributed by atoms with Crippen molar-refractivity contribution in [2.75, 3.05) is 5.32 Å². The van der Waals surface area contributed by atoms with Gasteiger partial charge in [-0.25, -0.2) is 4.68 Å². The number of ether oxygens (including phenoxy) is 1. The zero-order chi connectivity index (χ0) is 19.1. The number of rotatable bonds is 4. The number of hydrogen-bond acceptors (Lipinski definition) is 4. The average molecular weight is 375 g/mol. The molecule has 140 valence electrons. The fourth-order valence-electron chi connectivity index (χ4n) is 2.88. The van der Waals surface area contributed by atoms with E-state index in [0.29, 0.717) is 22.9 Å². The monoisotopic (exact) mass is 375 g/mol. The third kappa shape index (κ3) is 3.82. The van der Waals surface area contributed by atoms with Crippen LogP contribution in [0.15, 0.2) is 24.3 Å². The summed E-state index contributed by atoms with van der Waals surface area (Å²) in [5.41, 5.74) is 1.94. The van der Waals surface area contributed by atoms with Gasteiger partial charge >= 0.3 is 0 Å². The summed E-state index contributed by atoms with van der Waals surface area (Å²) in [5.74, 6) is 2.04. The molecule has 0 fully saturated rings. The highest BCUT2D eigenvalue weighted by Crippen LogP contribution is 2.33. The van der Waals surface area contributed by atoms with Crippen LogP contribution in [0.4, 0.5) is 5.82 Å². The summed E-state index contributed by atoms with van der Waals surface area (Å²) < 4.78 is 19.3. The fourth-order valence-corrected chi connectivity index (χ4v) is 4.14. The molecule has 1 aromatic carbocycles. The van der Waals surface area contributed by atoms with Crippen LogP contribution in [0.5, 0.6) is 5.75 Å². The lowest BCUT2D eigenvalue weighted by Crippen LogP contribution is -2.27. The van der Waals surface area contributed by atoms with E-state index in [-0.39, 0.29) is 17.6 Å². The minimum Gasteiger partial charge on any atom is -0.491 e. The number of aromatic nitrogens is 2. The van der Waals surface area contributed by atoms with Gasteiger partial charge in [-0.1, -0.05) is 0 Å². The summed E-state index contributed by atoms with van der Waals surface area (Å²) in [6.07, 6.45) is 0.0827. The summed E-state index contributed by atoms with van der Waals surface area (Å²) in [5, 5.41) is 7.58. The second kappa shape index (κ2) is 6.87. The number of nitrogens with one attached hydrogen (secondary N) is 1. The molecule has 0 radical (unpaired) electrons. The summed E-state index contributed by atoms with van der Waals surface area (Å²) in [7, 11) is -0.945. The predicted molar refractivity (Wildman–Crippen MR) is 103 cm³/mol. The fraction of sp³-hybridized carbons (Fsp3) is 0.474. The highest BCUT2D eigenvalue weighted by molar-refractivity contribution is 7.83. The lowest BCUT2D eigenvalue weighted by molar-refractivity contribution is 0.102. The van der Waals surface area contributed by atoms with Crippen LogP contribution in [0.2, 0.25) is 0 Å². The second-order valence-corrected chi connectivity index (χ2v) is 9.19. The molecule has 1 N–H and O–H groups in total. The standard InChI is InChI=1S/C19H25N3O3S/c1-12(2)25-14-8-6-13(7-9-14)18(23)20-17-15-10-26(24)11-16(15)21-22(17)19(3,4)5/h6-9,12H,10-11H2,1-5H3,(H,20,23)/t26-/m1/s1. The van der Waals surface area contributed by atoms with Crippen LogP contribution in [-0.4, -0.2) is 26.0 Å². The van der Waals surface area contributed by atoms with Crippen LogP contribution < -0.4 is 10.1 Å². The molecule has 0 aliphatic carbocycles. The molecule has 2 heterocycles. The first-order valence-electron chi connectivity index (χ1n) is 8.69. The highest BCUT2D eigenvalue weighted by atomic mass is 32.2. The molecule has 0 spiro atoms. The molecule has 1 aliphatic heterocycles. The van der Waals surface area contributed by atoms with Crippen LogP contribution in [0.1, 0.15) is 56.2 Å². The summed E-state index contributed by atoms with van der Waals surface area (Å²) in [6.45, 7) is 10.00. The van der Waals surface area contributed by atoms with Crippen LogP contribution in [-0.2, 0) is 27.8 Å². The molecule has 1 aromatic heterocycles. The van der Waals surface area contributed by atoms with Gasteiger partial charge < -0.3 is 10.1 Å². The van der Waals surface area contributed by atoms with Crippen LogP contribution >= 0.6 is 0 Å². The van der Waals surface area contributed by atoms with Crippen molar-refractivity contribution in [3.63, 3.8) is 0 Å². The van der Waals surface area contributed by atoms with Gasteiger partial charge in [0.25, 0.3) is 5.91 Å². The van der Waals surface area contributed by atoms with E-state index in [9.17, 15) is 9.00 Å².